The molecule has 2 heterocycles. The van der Waals surface area contributed by atoms with Crippen molar-refractivity contribution in [3.8, 4) is 0 Å². The van der Waals surface area contributed by atoms with E-state index in [1.54, 1.807) is 4.90 Å². The Morgan fingerprint density at radius 1 is 1.30 bits per heavy atom. The van der Waals surface area contributed by atoms with E-state index >= 15 is 0 Å². The van der Waals surface area contributed by atoms with E-state index in [0.29, 0.717) is 18.9 Å². The molecule has 0 saturated heterocycles. The zero-order valence-corrected chi connectivity index (χ0v) is 20.3. The SMILES string of the molecule is CC(C)CCN1C(=O)C(C2=NS(=O)(=O)c3cc(NS(C)(=O)=O)ccc3N2)=C(O)[C@@H]2CCC[C@@H]21. The van der Waals surface area contributed by atoms with Gasteiger partial charge in [0.2, 0.25) is 10.0 Å². The largest absolute Gasteiger partial charge is 0.511 e. The number of carbonyl (C=O) groups is 1. The van der Waals surface area contributed by atoms with E-state index < -0.39 is 26.0 Å². The van der Waals surface area contributed by atoms with Crippen LogP contribution in [0.2, 0.25) is 0 Å². The highest BCUT2D eigenvalue weighted by atomic mass is 32.2. The highest BCUT2D eigenvalue weighted by Crippen LogP contribution is 2.41. The molecule has 1 aliphatic carbocycles. The molecule has 1 aromatic carbocycles. The zero-order chi connectivity index (χ0) is 24.1. The number of anilines is 2. The third-order valence-corrected chi connectivity index (χ3v) is 8.10. The van der Waals surface area contributed by atoms with Crippen LogP contribution >= 0.6 is 0 Å². The highest BCUT2D eigenvalue weighted by Gasteiger charge is 2.46. The Kier molecular flexibility index (Phi) is 5.94. The molecule has 3 aliphatic rings. The number of carbonyl (C=O) groups excluding carboxylic acids is 1. The van der Waals surface area contributed by atoms with Gasteiger partial charge in [0.1, 0.15) is 16.2 Å². The smallest absolute Gasteiger partial charge is 0.286 e. The van der Waals surface area contributed by atoms with Crippen LogP contribution in [-0.2, 0) is 24.8 Å². The van der Waals surface area contributed by atoms with Crippen LogP contribution in [0.15, 0.2) is 38.8 Å². The number of benzene rings is 1. The van der Waals surface area contributed by atoms with Gasteiger partial charge < -0.3 is 15.3 Å². The lowest BCUT2D eigenvalue weighted by atomic mass is 9.89. The predicted octanol–water partition coefficient (Wildman–Crippen LogP) is 2.44. The summed E-state index contributed by atoms with van der Waals surface area (Å²) in [5.74, 6) is -0.638. The van der Waals surface area contributed by atoms with Crippen molar-refractivity contribution in [1.82, 2.24) is 4.90 Å². The minimum atomic E-state index is -4.26. The van der Waals surface area contributed by atoms with Gasteiger partial charge in [-0.2, -0.15) is 8.42 Å². The predicted molar refractivity (Wildman–Crippen MR) is 125 cm³/mol. The third kappa shape index (κ3) is 4.58. The summed E-state index contributed by atoms with van der Waals surface area (Å²) in [5.41, 5.74) is 0.105. The first kappa shape index (κ1) is 23.6. The molecule has 1 saturated carbocycles. The molecule has 180 valence electrons. The van der Waals surface area contributed by atoms with Gasteiger partial charge in [-0.1, -0.05) is 20.3 Å². The van der Waals surface area contributed by atoms with Crippen LogP contribution in [0.25, 0.3) is 0 Å². The molecule has 0 bridgehead atoms. The molecule has 1 fully saturated rings. The molecule has 10 nitrogen and oxygen atoms in total. The van der Waals surface area contributed by atoms with E-state index in [4.69, 9.17) is 0 Å². The van der Waals surface area contributed by atoms with Crippen LogP contribution in [0.5, 0.6) is 0 Å². The molecule has 1 amide bonds. The standard InChI is InChI=1S/C21H28N4O6S2/c1-12(2)9-10-25-16-6-4-5-14(16)19(26)18(21(25)27)20-22-15-8-7-13(23-32(3,28)29)11-17(15)33(30,31)24-20/h7-8,11-12,14,16,23,26H,4-6,9-10H2,1-3H3,(H,22,24)/t14-,16+/m1/s1. The third-order valence-electron chi connectivity index (χ3n) is 6.17. The summed E-state index contributed by atoms with van der Waals surface area (Å²) in [6.07, 6.45) is 4.13. The summed E-state index contributed by atoms with van der Waals surface area (Å²) in [6.45, 7) is 4.65. The number of aliphatic hydroxyl groups is 1. The molecule has 2 atom stereocenters. The number of hydrogen-bond acceptors (Lipinski definition) is 7. The number of aliphatic hydroxyl groups excluding tert-OH is 1. The summed E-state index contributed by atoms with van der Waals surface area (Å²) >= 11 is 0. The summed E-state index contributed by atoms with van der Waals surface area (Å²) in [5, 5.41) is 13.9. The summed E-state index contributed by atoms with van der Waals surface area (Å²) in [7, 11) is -7.86. The first-order valence-corrected chi connectivity index (χ1v) is 14.2. The maximum Gasteiger partial charge on any atom is 0.286 e. The Morgan fingerprint density at radius 3 is 2.70 bits per heavy atom. The molecule has 1 aromatic rings. The zero-order valence-electron chi connectivity index (χ0n) is 18.7. The second-order valence-electron chi connectivity index (χ2n) is 9.17. The second kappa shape index (κ2) is 8.32. The molecule has 0 aromatic heterocycles. The number of amidine groups is 1. The molecule has 0 spiro atoms. The number of nitrogens with one attached hydrogen (secondary N) is 2. The summed E-state index contributed by atoms with van der Waals surface area (Å²) in [4.78, 5) is 15.0. The van der Waals surface area contributed by atoms with Gasteiger partial charge in [-0.15, -0.1) is 4.40 Å². The van der Waals surface area contributed by atoms with Gasteiger partial charge in [-0.3, -0.25) is 9.52 Å². The monoisotopic (exact) mass is 496 g/mol. The van der Waals surface area contributed by atoms with Crippen LogP contribution in [0.3, 0.4) is 0 Å². The second-order valence-corrected chi connectivity index (χ2v) is 12.5. The van der Waals surface area contributed by atoms with E-state index in [1.807, 2.05) is 0 Å². The summed E-state index contributed by atoms with van der Waals surface area (Å²) < 4.78 is 54.9. The normalized spacial score (nSPS) is 24.3. The van der Waals surface area contributed by atoms with E-state index in [2.05, 4.69) is 28.3 Å². The van der Waals surface area contributed by atoms with Crippen molar-refractivity contribution in [3.05, 3.63) is 29.5 Å². The molecule has 0 radical (unpaired) electrons. The topological polar surface area (TPSA) is 145 Å². The lowest BCUT2D eigenvalue weighted by Gasteiger charge is -2.39. The Bertz CT molecular complexity index is 1270. The molecule has 4 rings (SSSR count). The average molecular weight is 497 g/mol. The van der Waals surface area contributed by atoms with Crippen LogP contribution in [0, 0.1) is 11.8 Å². The fourth-order valence-corrected chi connectivity index (χ4v) is 6.36. The average Bonchev–Trinajstić information content (AvgIpc) is 3.16. The van der Waals surface area contributed by atoms with Crippen molar-refractivity contribution in [3.63, 3.8) is 0 Å². The number of sulfonamides is 2. The molecule has 12 heteroatoms. The van der Waals surface area contributed by atoms with Gasteiger partial charge in [0.25, 0.3) is 15.9 Å². The first-order valence-electron chi connectivity index (χ1n) is 10.9. The van der Waals surface area contributed by atoms with E-state index in [9.17, 15) is 26.7 Å². The summed E-state index contributed by atoms with van der Waals surface area (Å²) in [6, 6.07) is 3.87. The molecular formula is C21H28N4O6S2. The lowest BCUT2D eigenvalue weighted by Crippen LogP contribution is -2.50. The van der Waals surface area contributed by atoms with Crippen LogP contribution in [-0.4, -0.2) is 57.4 Å². The quantitative estimate of drug-likeness (QED) is 0.548. The van der Waals surface area contributed by atoms with Crippen molar-refractivity contribution in [2.24, 2.45) is 16.2 Å². The van der Waals surface area contributed by atoms with E-state index in [1.165, 1.54) is 12.1 Å². The molecule has 2 aliphatic heterocycles. The number of nitrogens with zero attached hydrogens (tertiary/aromatic N) is 2. The van der Waals surface area contributed by atoms with Crippen molar-refractivity contribution in [2.75, 3.05) is 22.8 Å². The number of hydrogen-bond donors (Lipinski definition) is 3. The van der Waals surface area contributed by atoms with Gasteiger partial charge in [0.15, 0.2) is 5.84 Å². The Balaban J connectivity index is 1.73. The van der Waals surface area contributed by atoms with Gasteiger partial charge in [-0.25, -0.2) is 8.42 Å². The van der Waals surface area contributed by atoms with Crippen molar-refractivity contribution >= 4 is 43.2 Å². The van der Waals surface area contributed by atoms with Gasteiger partial charge in [0.05, 0.1) is 11.9 Å². The van der Waals surface area contributed by atoms with E-state index in [-0.39, 0.29) is 45.4 Å². The molecule has 0 unspecified atom stereocenters. The maximum absolute atomic E-state index is 13.4. The fourth-order valence-electron chi connectivity index (χ4n) is 4.65. The van der Waals surface area contributed by atoms with E-state index in [0.717, 1.165) is 31.6 Å². The first-order chi connectivity index (χ1) is 15.4. The minimum absolute atomic E-state index is 0.0738. The number of rotatable bonds is 6. The minimum Gasteiger partial charge on any atom is -0.511 e. The van der Waals surface area contributed by atoms with Crippen molar-refractivity contribution in [1.29, 1.82) is 0 Å². The molecular weight excluding hydrogens is 468 g/mol. The van der Waals surface area contributed by atoms with Crippen molar-refractivity contribution < 1.29 is 26.7 Å². The Morgan fingerprint density at radius 2 is 2.03 bits per heavy atom. The molecule has 3 N–H and O–H groups in total. The van der Waals surface area contributed by atoms with Crippen molar-refractivity contribution in [2.45, 2.75) is 50.5 Å². The lowest BCUT2D eigenvalue weighted by molar-refractivity contribution is -0.131. The highest BCUT2D eigenvalue weighted by molar-refractivity contribution is 7.92. The maximum atomic E-state index is 13.4. The van der Waals surface area contributed by atoms with Gasteiger partial charge in [0, 0.05) is 24.2 Å². The van der Waals surface area contributed by atoms with Gasteiger partial charge >= 0.3 is 0 Å². The number of fused-ring (bicyclic) bond motifs is 2. The van der Waals surface area contributed by atoms with Crippen LogP contribution < -0.4 is 10.0 Å². The molecule has 33 heavy (non-hydrogen) atoms. The Hall–Kier alpha value is -2.60. The number of amides is 1. The fraction of sp³-hybridized carbons (Fsp3) is 0.524. The van der Waals surface area contributed by atoms with Gasteiger partial charge in [-0.05, 0) is 43.4 Å². The Labute approximate surface area is 193 Å². The van der Waals surface area contributed by atoms with Crippen LogP contribution in [0.1, 0.15) is 39.5 Å². The van der Waals surface area contributed by atoms with Crippen LogP contribution in [0.4, 0.5) is 11.4 Å².